The summed E-state index contributed by atoms with van der Waals surface area (Å²) in [5.41, 5.74) is 2.50. The number of benzene rings is 1. The summed E-state index contributed by atoms with van der Waals surface area (Å²) in [5, 5.41) is 13.5. The molecule has 102 valence electrons. The van der Waals surface area contributed by atoms with Gasteiger partial charge in [-0.15, -0.1) is 0 Å². The lowest BCUT2D eigenvalue weighted by molar-refractivity contribution is 1.09. The molecule has 0 aliphatic rings. The van der Waals surface area contributed by atoms with Crippen LogP contribution in [0.2, 0.25) is 5.02 Å². The van der Waals surface area contributed by atoms with Crippen molar-refractivity contribution in [2.75, 3.05) is 5.32 Å². The highest BCUT2D eigenvalue weighted by atomic mass is 35.5. The van der Waals surface area contributed by atoms with E-state index in [1.807, 2.05) is 31.2 Å². The van der Waals surface area contributed by atoms with Crippen LogP contribution in [0.4, 0.5) is 11.6 Å². The predicted molar refractivity (Wildman–Crippen MR) is 81.5 cm³/mol. The first-order valence-corrected chi connectivity index (χ1v) is 6.61. The molecule has 5 nitrogen and oxygen atoms in total. The number of halogens is 1. The van der Waals surface area contributed by atoms with Crippen molar-refractivity contribution in [3.8, 4) is 6.07 Å². The first-order valence-electron chi connectivity index (χ1n) is 6.23. The summed E-state index contributed by atoms with van der Waals surface area (Å²) in [6.07, 6.45) is 1.70. The van der Waals surface area contributed by atoms with Crippen molar-refractivity contribution in [2.24, 2.45) is 0 Å². The number of hydrogen-bond donors (Lipinski definition) is 1. The molecule has 0 bridgehead atoms. The Labute approximate surface area is 126 Å². The molecular weight excluding hydrogens is 286 g/mol. The molecule has 0 aliphatic carbocycles. The highest BCUT2D eigenvalue weighted by Gasteiger charge is 2.08. The van der Waals surface area contributed by atoms with Crippen LogP contribution in [-0.2, 0) is 0 Å². The van der Waals surface area contributed by atoms with E-state index in [0.717, 1.165) is 22.3 Å². The van der Waals surface area contributed by atoms with Crippen LogP contribution < -0.4 is 5.32 Å². The van der Waals surface area contributed by atoms with Crippen molar-refractivity contribution < 1.29 is 0 Å². The summed E-state index contributed by atoms with van der Waals surface area (Å²) >= 11 is 6.16. The largest absolute Gasteiger partial charge is 0.322 e. The van der Waals surface area contributed by atoms with Crippen LogP contribution in [0.15, 0.2) is 36.5 Å². The molecular formula is C15H10ClN5. The number of rotatable bonds is 2. The third-order valence-electron chi connectivity index (χ3n) is 2.93. The molecule has 1 aromatic carbocycles. The van der Waals surface area contributed by atoms with E-state index in [2.05, 4.69) is 20.3 Å². The van der Waals surface area contributed by atoms with Crippen LogP contribution in [0.1, 0.15) is 11.4 Å². The van der Waals surface area contributed by atoms with Crippen molar-refractivity contribution in [2.45, 2.75) is 6.92 Å². The third-order valence-corrected chi connectivity index (χ3v) is 3.26. The molecule has 0 radical (unpaired) electrons. The lowest BCUT2D eigenvalue weighted by atomic mass is 10.2. The first-order chi connectivity index (χ1) is 10.2. The fourth-order valence-electron chi connectivity index (χ4n) is 2.04. The number of nitrogens with one attached hydrogen (secondary N) is 1. The SMILES string of the molecule is Cc1cc(C#N)nc(Nc2ccc(Cl)c3cccnc23)n1. The monoisotopic (exact) mass is 295 g/mol. The first kappa shape index (κ1) is 13.3. The van der Waals surface area contributed by atoms with Gasteiger partial charge in [0.15, 0.2) is 0 Å². The van der Waals surface area contributed by atoms with Crippen LogP contribution in [0.25, 0.3) is 10.9 Å². The van der Waals surface area contributed by atoms with Gasteiger partial charge >= 0.3 is 0 Å². The molecule has 0 amide bonds. The van der Waals surface area contributed by atoms with Gasteiger partial charge in [-0.2, -0.15) is 5.26 Å². The molecule has 0 aliphatic heterocycles. The molecule has 0 spiro atoms. The van der Waals surface area contributed by atoms with Gasteiger partial charge in [0.1, 0.15) is 11.8 Å². The minimum atomic E-state index is 0.316. The Kier molecular flexibility index (Phi) is 3.38. The smallest absolute Gasteiger partial charge is 0.228 e. The standard InChI is InChI=1S/C15H10ClN5/c1-9-7-10(8-17)20-15(19-9)21-13-5-4-12(16)11-3-2-6-18-14(11)13/h2-7H,1H3,(H,19,20,21). The van der Waals surface area contributed by atoms with Gasteiger partial charge in [-0.05, 0) is 37.3 Å². The molecule has 0 saturated carbocycles. The van der Waals surface area contributed by atoms with Gasteiger partial charge in [-0.25, -0.2) is 9.97 Å². The number of anilines is 2. The van der Waals surface area contributed by atoms with Gasteiger partial charge in [0.05, 0.1) is 16.2 Å². The molecule has 21 heavy (non-hydrogen) atoms. The summed E-state index contributed by atoms with van der Waals surface area (Å²) in [5.74, 6) is 0.362. The summed E-state index contributed by atoms with van der Waals surface area (Å²) in [4.78, 5) is 12.7. The second-order valence-corrected chi connectivity index (χ2v) is 4.86. The highest BCUT2D eigenvalue weighted by molar-refractivity contribution is 6.35. The van der Waals surface area contributed by atoms with Crippen LogP contribution in [0, 0.1) is 18.3 Å². The molecule has 2 heterocycles. The molecule has 6 heteroatoms. The Morgan fingerprint density at radius 3 is 2.90 bits per heavy atom. The van der Waals surface area contributed by atoms with Gasteiger partial charge in [0.2, 0.25) is 5.95 Å². The summed E-state index contributed by atoms with van der Waals surface area (Å²) in [6.45, 7) is 1.81. The number of pyridine rings is 1. The Morgan fingerprint density at radius 2 is 2.10 bits per heavy atom. The maximum absolute atomic E-state index is 8.96. The van der Waals surface area contributed by atoms with Gasteiger partial charge in [0.25, 0.3) is 0 Å². The molecule has 3 aromatic rings. The van der Waals surface area contributed by atoms with Crippen LogP contribution in [0.5, 0.6) is 0 Å². The number of nitriles is 1. The Balaban J connectivity index is 2.09. The van der Waals surface area contributed by atoms with E-state index in [0.29, 0.717) is 16.7 Å². The zero-order chi connectivity index (χ0) is 14.8. The van der Waals surface area contributed by atoms with Crippen molar-refractivity contribution in [3.05, 3.63) is 52.9 Å². The molecule has 1 N–H and O–H groups in total. The van der Waals surface area contributed by atoms with Crippen molar-refractivity contribution in [3.63, 3.8) is 0 Å². The normalized spacial score (nSPS) is 10.3. The zero-order valence-electron chi connectivity index (χ0n) is 11.1. The minimum absolute atomic E-state index is 0.316. The summed E-state index contributed by atoms with van der Waals surface area (Å²) in [7, 11) is 0. The van der Waals surface area contributed by atoms with Gasteiger partial charge in [0, 0.05) is 17.3 Å². The topological polar surface area (TPSA) is 74.5 Å². The van der Waals surface area contributed by atoms with Crippen molar-refractivity contribution in [1.29, 1.82) is 5.26 Å². The average Bonchev–Trinajstić information content (AvgIpc) is 2.50. The van der Waals surface area contributed by atoms with E-state index in [4.69, 9.17) is 16.9 Å². The fraction of sp³-hybridized carbons (Fsp3) is 0.0667. The lowest BCUT2D eigenvalue weighted by Crippen LogP contribution is -2.01. The van der Waals surface area contributed by atoms with Gasteiger partial charge in [-0.3, -0.25) is 4.98 Å². The second kappa shape index (κ2) is 5.35. The van der Waals surface area contributed by atoms with Crippen LogP contribution >= 0.6 is 11.6 Å². The summed E-state index contributed by atoms with van der Waals surface area (Å²) in [6, 6.07) is 11.0. The average molecular weight is 296 g/mol. The van der Waals surface area contributed by atoms with Crippen molar-refractivity contribution >= 4 is 34.1 Å². The quantitative estimate of drug-likeness (QED) is 0.782. The molecule has 0 unspecified atom stereocenters. The van der Waals surface area contributed by atoms with Gasteiger partial charge < -0.3 is 5.32 Å². The lowest BCUT2D eigenvalue weighted by Gasteiger charge is -2.09. The molecule has 2 aromatic heterocycles. The number of fused-ring (bicyclic) bond motifs is 1. The zero-order valence-corrected chi connectivity index (χ0v) is 11.9. The number of nitrogens with zero attached hydrogens (tertiary/aromatic N) is 4. The van der Waals surface area contributed by atoms with Gasteiger partial charge in [-0.1, -0.05) is 11.6 Å². The molecule has 0 fully saturated rings. The maximum Gasteiger partial charge on any atom is 0.228 e. The van der Waals surface area contributed by atoms with Crippen molar-refractivity contribution in [1.82, 2.24) is 15.0 Å². The number of aromatic nitrogens is 3. The van der Waals surface area contributed by atoms with Crippen LogP contribution in [0.3, 0.4) is 0 Å². The Bertz CT molecular complexity index is 870. The van der Waals surface area contributed by atoms with E-state index in [1.54, 1.807) is 18.3 Å². The fourth-order valence-corrected chi connectivity index (χ4v) is 2.26. The summed E-state index contributed by atoms with van der Waals surface area (Å²) < 4.78 is 0. The van der Waals surface area contributed by atoms with E-state index >= 15 is 0 Å². The van der Waals surface area contributed by atoms with Crippen LogP contribution in [-0.4, -0.2) is 15.0 Å². The van der Waals surface area contributed by atoms with E-state index < -0.39 is 0 Å². The van der Waals surface area contributed by atoms with E-state index in [1.165, 1.54) is 0 Å². The second-order valence-electron chi connectivity index (χ2n) is 4.45. The Hall–Kier alpha value is -2.71. The van der Waals surface area contributed by atoms with E-state index in [-0.39, 0.29) is 0 Å². The number of hydrogen-bond acceptors (Lipinski definition) is 5. The molecule has 0 atom stereocenters. The minimum Gasteiger partial charge on any atom is -0.322 e. The molecule has 3 rings (SSSR count). The highest BCUT2D eigenvalue weighted by Crippen LogP contribution is 2.29. The third kappa shape index (κ3) is 2.62. The van der Waals surface area contributed by atoms with E-state index in [9.17, 15) is 0 Å². The molecule has 0 saturated heterocycles. The predicted octanol–water partition coefficient (Wildman–Crippen LogP) is 3.60. The number of aryl methyl sites for hydroxylation is 1. The maximum atomic E-state index is 8.96. The Morgan fingerprint density at radius 1 is 1.24 bits per heavy atom.